The quantitative estimate of drug-likeness (QED) is 0.769. The van der Waals surface area contributed by atoms with Crippen LogP contribution in [0.25, 0.3) is 0 Å². The number of hydrogen-bond donors (Lipinski definition) is 1. The first-order valence-electron chi connectivity index (χ1n) is 6.96. The van der Waals surface area contributed by atoms with E-state index in [4.69, 9.17) is 4.74 Å². The van der Waals surface area contributed by atoms with Crippen LogP contribution in [0.4, 0.5) is 4.39 Å². The van der Waals surface area contributed by atoms with Crippen LogP contribution in [0.3, 0.4) is 0 Å². The van der Waals surface area contributed by atoms with Gasteiger partial charge < -0.3 is 10.1 Å². The van der Waals surface area contributed by atoms with Gasteiger partial charge in [0.25, 0.3) is 0 Å². The van der Waals surface area contributed by atoms with Crippen molar-refractivity contribution in [2.24, 2.45) is 0 Å². The summed E-state index contributed by atoms with van der Waals surface area (Å²) in [5, 5.41) is 3.35. The maximum absolute atomic E-state index is 13.5. The Labute approximate surface area is 131 Å². The zero-order valence-electron chi connectivity index (χ0n) is 12.1. The molecule has 0 radical (unpaired) electrons. The van der Waals surface area contributed by atoms with Crippen LogP contribution in [0.1, 0.15) is 24.5 Å². The van der Waals surface area contributed by atoms with Crippen molar-refractivity contribution in [1.29, 1.82) is 0 Å². The molecule has 2 rings (SSSR count). The van der Waals surface area contributed by atoms with Gasteiger partial charge in [0, 0.05) is 17.7 Å². The molecule has 21 heavy (non-hydrogen) atoms. The monoisotopic (exact) mass is 309 g/mol. The topological polar surface area (TPSA) is 21.3 Å². The third kappa shape index (κ3) is 5.37. The molecule has 0 amide bonds. The Hall–Kier alpha value is -1.58. The standard InChI is InChI=1S/C17H20FNO.ClH/c1-2-11-19-12-14-7-4-6-10-17(14)20-13-15-8-3-5-9-16(15)18;/h3-10,19H,2,11-13H2,1H3;1H. The highest BCUT2D eigenvalue weighted by atomic mass is 35.5. The van der Waals surface area contributed by atoms with Gasteiger partial charge in [-0.15, -0.1) is 12.4 Å². The lowest BCUT2D eigenvalue weighted by molar-refractivity contribution is 0.296. The van der Waals surface area contributed by atoms with E-state index in [-0.39, 0.29) is 24.8 Å². The third-order valence-corrected chi connectivity index (χ3v) is 3.06. The van der Waals surface area contributed by atoms with Crippen molar-refractivity contribution in [2.75, 3.05) is 6.54 Å². The van der Waals surface area contributed by atoms with E-state index in [2.05, 4.69) is 12.2 Å². The van der Waals surface area contributed by atoms with E-state index in [1.165, 1.54) is 6.07 Å². The summed E-state index contributed by atoms with van der Waals surface area (Å²) >= 11 is 0. The lowest BCUT2D eigenvalue weighted by atomic mass is 10.2. The Kier molecular flexibility index (Phi) is 7.80. The molecule has 0 unspecified atom stereocenters. The normalized spacial score (nSPS) is 10.0. The van der Waals surface area contributed by atoms with Crippen molar-refractivity contribution in [3.8, 4) is 5.75 Å². The van der Waals surface area contributed by atoms with E-state index in [0.29, 0.717) is 5.56 Å². The van der Waals surface area contributed by atoms with Crippen molar-refractivity contribution in [1.82, 2.24) is 5.32 Å². The lowest BCUT2D eigenvalue weighted by Gasteiger charge is -2.12. The second-order valence-electron chi connectivity index (χ2n) is 4.66. The molecule has 0 fully saturated rings. The van der Waals surface area contributed by atoms with Gasteiger partial charge in [-0.1, -0.05) is 43.3 Å². The Balaban J connectivity index is 0.00000220. The van der Waals surface area contributed by atoms with Gasteiger partial charge in [-0.25, -0.2) is 4.39 Å². The summed E-state index contributed by atoms with van der Waals surface area (Å²) in [5.41, 5.74) is 1.67. The Morgan fingerprint density at radius 1 is 1.00 bits per heavy atom. The fourth-order valence-electron chi connectivity index (χ4n) is 1.96. The van der Waals surface area contributed by atoms with E-state index in [0.717, 1.165) is 30.8 Å². The van der Waals surface area contributed by atoms with E-state index in [9.17, 15) is 4.39 Å². The lowest BCUT2D eigenvalue weighted by Crippen LogP contribution is -2.14. The molecule has 114 valence electrons. The van der Waals surface area contributed by atoms with Crippen molar-refractivity contribution in [2.45, 2.75) is 26.5 Å². The first-order chi connectivity index (χ1) is 9.81. The molecule has 2 aromatic rings. The molecule has 1 N–H and O–H groups in total. The van der Waals surface area contributed by atoms with Crippen molar-refractivity contribution >= 4 is 12.4 Å². The van der Waals surface area contributed by atoms with Crippen LogP contribution in [0, 0.1) is 5.82 Å². The smallest absolute Gasteiger partial charge is 0.129 e. The van der Waals surface area contributed by atoms with Crippen molar-refractivity contribution < 1.29 is 9.13 Å². The first-order valence-corrected chi connectivity index (χ1v) is 6.96. The van der Waals surface area contributed by atoms with Gasteiger partial charge in [-0.05, 0) is 25.1 Å². The van der Waals surface area contributed by atoms with E-state index >= 15 is 0 Å². The predicted octanol–water partition coefficient (Wildman–Crippen LogP) is 4.33. The largest absolute Gasteiger partial charge is 0.488 e. The van der Waals surface area contributed by atoms with Crippen LogP contribution in [-0.2, 0) is 13.2 Å². The average Bonchev–Trinajstić information content (AvgIpc) is 2.48. The first kappa shape index (κ1) is 17.5. The van der Waals surface area contributed by atoms with E-state index < -0.39 is 0 Å². The fourth-order valence-corrected chi connectivity index (χ4v) is 1.96. The van der Waals surface area contributed by atoms with Crippen LogP contribution in [0.15, 0.2) is 48.5 Å². The number of para-hydroxylation sites is 1. The molecule has 0 atom stereocenters. The van der Waals surface area contributed by atoms with Gasteiger partial charge in [0.15, 0.2) is 0 Å². The Morgan fingerprint density at radius 2 is 1.67 bits per heavy atom. The summed E-state index contributed by atoms with van der Waals surface area (Å²) in [4.78, 5) is 0. The number of halogens is 2. The molecule has 0 bridgehead atoms. The third-order valence-electron chi connectivity index (χ3n) is 3.06. The number of nitrogens with one attached hydrogen (secondary N) is 1. The fraction of sp³-hybridized carbons (Fsp3) is 0.294. The molecule has 0 heterocycles. The Bertz CT molecular complexity index is 548. The highest BCUT2D eigenvalue weighted by molar-refractivity contribution is 5.85. The molecule has 0 aliphatic rings. The van der Waals surface area contributed by atoms with Gasteiger partial charge in [0.1, 0.15) is 18.2 Å². The molecular formula is C17H21ClFNO. The molecule has 2 nitrogen and oxygen atoms in total. The SMILES string of the molecule is CCCNCc1ccccc1OCc1ccccc1F.Cl. The van der Waals surface area contributed by atoms with Gasteiger partial charge in [0.2, 0.25) is 0 Å². The summed E-state index contributed by atoms with van der Waals surface area (Å²) < 4.78 is 19.3. The summed E-state index contributed by atoms with van der Waals surface area (Å²) in [6.07, 6.45) is 1.10. The summed E-state index contributed by atoms with van der Waals surface area (Å²) in [6, 6.07) is 14.6. The molecule has 0 aromatic heterocycles. The van der Waals surface area contributed by atoms with Crippen LogP contribution in [0.2, 0.25) is 0 Å². The molecular weight excluding hydrogens is 289 g/mol. The molecule has 4 heteroatoms. The van der Waals surface area contributed by atoms with Gasteiger partial charge in [0.05, 0.1) is 0 Å². The zero-order chi connectivity index (χ0) is 14.2. The molecule has 0 saturated carbocycles. The zero-order valence-corrected chi connectivity index (χ0v) is 13.0. The van der Waals surface area contributed by atoms with Crippen LogP contribution < -0.4 is 10.1 Å². The van der Waals surface area contributed by atoms with Crippen molar-refractivity contribution in [3.63, 3.8) is 0 Å². The van der Waals surface area contributed by atoms with Crippen LogP contribution in [0.5, 0.6) is 5.75 Å². The van der Waals surface area contributed by atoms with Crippen LogP contribution in [-0.4, -0.2) is 6.54 Å². The number of hydrogen-bond acceptors (Lipinski definition) is 2. The minimum absolute atomic E-state index is 0. The van der Waals surface area contributed by atoms with Gasteiger partial charge in [-0.2, -0.15) is 0 Å². The molecule has 0 aliphatic carbocycles. The van der Waals surface area contributed by atoms with Crippen molar-refractivity contribution in [3.05, 3.63) is 65.5 Å². The van der Waals surface area contributed by atoms with Crippen LogP contribution >= 0.6 is 12.4 Å². The number of rotatable bonds is 7. The van der Waals surface area contributed by atoms with E-state index in [1.54, 1.807) is 12.1 Å². The summed E-state index contributed by atoms with van der Waals surface area (Å²) in [6.45, 7) is 4.12. The Morgan fingerprint density at radius 3 is 2.38 bits per heavy atom. The number of benzene rings is 2. The summed E-state index contributed by atoms with van der Waals surface area (Å²) in [5.74, 6) is 0.577. The average molecular weight is 310 g/mol. The minimum Gasteiger partial charge on any atom is -0.488 e. The molecule has 2 aromatic carbocycles. The van der Waals surface area contributed by atoms with Gasteiger partial charge >= 0.3 is 0 Å². The molecule has 0 saturated heterocycles. The minimum atomic E-state index is -0.228. The highest BCUT2D eigenvalue weighted by Gasteiger charge is 2.05. The van der Waals surface area contributed by atoms with E-state index in [1.807, 2.05) is 30.3 Å². The second kappa shape index (κ2) is 9.37. The second-order valence-corrected chi connectivity index (χ2v) is 4.66. The molecule has 0 spiro atoms. The maximum Gasteiger partial charge on any atom is 0.129 e. The molecule has 0 aliphatic heterocycles. The van der Waals surface area contributed by atoms with Gasteiger partial charge in [-0.3, -0.25) is 0 Å². The predicted molar refractivity (Wildman–Crippen MR) is 86.4 cm³/mol. The highest BCUT2D eigenvalue weighted by Crippen LogP contribution is 2.19. The maximum atomic E-state index is 13.5. The number of ether oxygens (including phenoxy) is 1. The summed E-state index contributed by atoms with van der Waals surface area (Å²) in [7, 11) is 0.